The Labute approximate surface area is 112 Å². The van der Waals surface area contributed by atoms with Crippen LogP contribution in [-0.4, -0.2) is 18.6 Å². The molecular weight excluding hydrogens is 252 g/mol. The van der Waals surface area contributed by atoms with Gasteiger partial charge in [-0.15, -0.1) is 12.4 Å². The summed E-state index contributed by atoms with van der Waals surface area (Å²) in [5.74, 6) is 2.54. The molecule has 0 saturated carbocycles. The van der Waals surface area contributed by atoms with E-state index in [0.717, 1.165) is 42.3 Å². The molecule has 1 N–H and O–H groups in total. The van der Waals surface area contributed by atoms with Crippen LogP contribution in [0.4, 0.5) is 0 Å². The molecule has 2 heterocycles. The first kappa shape index (κ1) is 12.9. The minimum atomic E-state index is 0. The number of oxazole rings is 1. The molecule has 0 aliphatic carbocycles. The molecule has 0 atom stereocenters. The van der Waals surface area contributed by atoms with E-state index < -0.39 is 0 Å². The van der Waals surface area contributed by atoms with E-state index >= 15 is 0 Å². The average molecular weight is 267 g/mol. The molecule has 1 aromatic carbocycles. The van der Waals surface area contributed by atoms with E-state index in [1.54, 1.807) is 7.11 Å². The first-order valence-electron chi connectivity index (χ1n) is 5.70. The van der Waals surface area contributed by atoms with Crippen molar-refractivity contribution in [2.75, 3.05) is 13.7 Å². The fourth-order valence-electron chi connectivity index (χ4n) is 1.98. The summed E-state index contributed by atoms with van der Waals surface area (Å²) in [6, 6.07) is 7.75. The first-order valence-corrected chi connectivity index (χ1v) is 5.70. The third kappa shape index (κ3) is 2.35. The molecule has 1 aromatic heterocycles. The second-order valence-corrected chi connectivity index (χ2v) is 4.04. The maximum absolute atomic E-state index is 5.77. The number of ether oxygens (including phenoxy) is 1. The number of methoxy groups -OCH3 is 1. The first-order chi connectivity index (χ1) is 8.36. The Morgan fingerprint density at radius 2 is 2.06 bits per heavy atom. The molecule has 0 radical (unpaired) electrons. The fraction of sp³-hybridized carbons (Fsp3) is 0.308. The van der Waals surface area contributed by atoms with Crippen LogP contribution < -0.4 is 10.1 Å². The Balaban J connectivity index is 0.00000120. The fourth-order valence-corrected chi connectivity index (χ4v) is 1.98. The number of halogens is 1. The predicted molar refractivity (Wildman–Crippen MR) is 71.1 cm³/mol. The summed E-state index contributed by atoms with van der Waals surface area (Å²) in [4.78, 5) is 4.51. The van der Waals surface area contributed by atoms with Crippen LogP contribution in [0.5, 0.6) is 5.75 Å². The van der Waals surface area contributed by atoms with Gasteiger partial charge in [-0.1, -0.05) is 0 Å². The summed E-state index contributed by atoms with van der Waals surface area (Å²) in [5.41, 5.74) is 2.02. The number of rotatable bonds is 2. The third-order valence-corrected chi connectivity index (χ3v) is 2.94. The summed E-state index contributed by atoms with van der Waals surface area (Å²) in [6.45, 7) is 1.76. The molecule has 0 fully saturated rings. The summed E-state index contributed by atoms with van der Waals surface area (Å²) in [6.07, 6.45) is 0.915. The molecule has 18 heavy (non-hydrogen) atoms. The number of hydrogen-bond donors (Lipinski definition) is 1. The summed E-state index contributed by atoms with van der Waals surface area (Å²) >= 11 is 0. The minimum absolute atomic E-state index is 0. The highest BCUT2D eigenvalue weighted by Crippen LogP contribution is 2.25. The normalized spacial score (nSPS) is 13.6. The van der Waals surface area contributed by atoms with Gasteiger partial charge in [-0.3, -0.25) is 0 Å². The average Bonchev–Trinajstić information content (AvgIpc) is 2.82. The highest BCUT2D eigenvalue weighted by molar-refractivity contribution is 5.85. The Kier molecular flexibility index (Phi) is 3.89. The van der Waals surface area contributed by atoms with Crippen molar-refractivity contribution < 1.29 is 9.15 Å². The zero-order valence-corrected chi connectivity index (χ0v) is 10.9. The molecule has 0 bridgehead atoms. The Morgan fingerprint density at radius 3 is 2.72 bits per heavy atom. The van der Waals surface area contributed by atoms with Crippen molar-refractivity contribution in [3.05, 3.63) is 35.7 Å². The van der Waals surface area contributed by atoms with Crippen molar-refractivity contribution in [3.63, 3.8) is 0 Å². The lowest BCUT2D eigenvalue weighted by atomic mass is 10.2. The standard InChI is InChI=1S/C13H14N2O2.ClH/c1-16-10-4-2-9(3-5-10)13-15-11-8-14-7-6-12(11)17-13;/h2-5,14H,6-8H2,1H3;1H. The number of benzene rings is 1. The van der Waals surface area contributed by atoms with Crippen molar-refractivity contribution in [1.82, 2.24) is 10.3 Å². The SMILES string of the molecule is COc1ccc(-c2nc3c(o2)CCNC3)cc1.Cl. The lowest BCUT2D eigenvalue weighted by Gasteiger charge is -2.08. The van der Waals surface area contributed by atoms with E-state index in [2.05, 4.69) is 10.3 Å². The van der Waals surface area contributed by atoms with E-state index in [9.17, 15) is 0 Å². The zero-order chi connectivity index (χ0) is 11.7. The van der Waals surface area contributed by atoms with Crippen LogP contribution in [0.25, 0.3) is 11.5 Å². The van der Waals surface area contributed by atoms with Crippen LogP contribution in [-0.2, 0) is 13.0 Å². The van der Waals surface area contributed by atoms with Gasteiger partial charge in [0.25, 0.3) is 0 Å². The molecule has 2 aromatic rings. The molecule has 5 heteroatoms. The van der Waals surface area contributed by atoms with Crippen LogP contribution in [0.2, 0.25) is 0 Å². The quantitative estimate of drug-likeness (QED) is 0.907. The number of nitrogens with zero attached hydrogens (tertiary/aromatic N) is 1. The van der Waals surface area contributed by atoms with Gasteiger partial charge in [0.15, 0.2) is 0 Å². The second kappa shape index (κ2) is 5.42. The number of aromatic nitrogens is 1. The highest BCUT2D eigenvalue weighted by Gasteiger charge is 2.17. The topological polar surface area (TPSA) is 47.3 Å². The smallest absolute Gasteiger partial charge is 0.226 e. The van der Waals surface area contributed by atoms with Crippen molar-refractivity contribution in [3.8, 4) is 17.2 Å². The van der Waals surface area contributed by atoms with Crippen molar-refractivity contribution in [2.45, 2.75) is 13.0 Å². The van der Waals surface area contributed by atoms with E-state index in [1.165, 1.54) is 0 Å². The zero-order valence-electron chi connectivity index (χ0n) is 10.1. The third-order valence-electron chi connectivity index (χ3n) is 2.94. The van der Waals surface area contributed by atoms with Gasteiger partial charge >= 0.3 is 0 Å². The monoisotopic (exact) mass is 266 g/mol. The van der Waals surface area contributed by atoms with Crippen LogP contribution >= 0.6 is 12.4 Å². The molecule has 3 rings (SSSR count). The lowest BCUT2D eigenvalue weighted by molar-refractivity contribution is 0.415. The van der Waals surface area contributed by atoms with Gasteiger partial charge in [-0.25, -0.2) is 4.98 Å². The Hall–Kier alpha value is -1.52. The molecule has 0 amide bonds. The molecule has 0 saturated heterocycles. The molecule has 96 valence electrons. The predicted octanol–water partition coefficient (Wildman–Crippen LogP) is 2.42. The van der Waals surface area contributed by atoms with Gasteiger partial charge < -0.3 is 14.5 Å². The summed E-state index contributed by atoms with van der Waals surface area (Å²) in [7, 11) is 1.66. The summed E-state index contributed by atoms with van der Waals surface area (Å²) < 4.78 is 10.9. The van der Waals surface area contributed by atoms with Crippen LogP contribution in [0.3, 0.4) is 0 Å². The van der Waals surface area contributed by atoms with Crippen LogP contribution in [0.15, 0.2) is 28.7 Å². The van der Waals surface area contributed by atoms with Gasteiger partial charge in [0.05, 0.1) is 12.8 Å². The number of hydrogen-bond acceptors (Lipinski definition) is 4. The largest absolute Gasteiger partial charge is 0.497 e. The minimum Gasteiger partial charge on any atom is -0.497 e. The van der Waals surface area contributed by atoms with Crippen molar-refractivity contribution >= 4 is 12.4 Å². The van der Waals surface area contributed by atoms with Gasteiger partial charge in [0.2, 0.25) is 5.89 Å². The maximum atomic E-state index is 5.77. The Bertz CT molecular complexity index is 499. The molecule has 0 unspecified atom stereocenters. The molecule has 1 aliphatic heterocycles. The van der Waals surface area contributed by atoms with E-state index in [1.807, 2.05) is 24.3 Å². The number of nitrogens with one attached hydrogen (secondary N) is 1. The Morgan fingerprint density at radius 1 is 1.28 bits per heavy atom. The van der Waals surface area contributed by atoms with Crippen LogP contribution in [0.1, 0.15) is 11.5 Å². The van der Waals surface area contributed by atoms with Gasteiger partial charge in [-0.2, -0.15) is 0 Å². The van der Waals surface area contributed by atoms with Crippen LogP contribution in [0, 0.1) is 0 Å². The molecule has 0 spiro atoms. The molecule has 4 nitrogen and oxygen atoms in total. The second-order valence-electron chi connectivity index (χ2n) is 4.04. The molecule has 1 aliphatic rings. The lowest BCUT2D eigenvalue weighted by Crippen LogP contribution is -2.22. The van der Waals surface area contributed by atoms with Gasteiger partial charge in [0.1, 0.15) is 11.5 Å². The number of fused-ring (bicyclic) bond motifs is 1. The van der Waals surface area contributed by atoms with Crippen molar-refractivity contribution in [1.29, 1.82) is 0 Å². The van der Waals surface area contributed by atoms with Gasteiger partial charge in [0, 0.05) is 25.1 Å². The van der Waals surface area contributed by atoms with Crippen molar-refractivity contribution in [2.24, 2.45) is 0 Å². The van der Waals surface area contributed by atoms with E-state index in [-0.39, 0.29) is 12.4 Å². The van der Waals surface area contributed by atoms with E-state index in [0.29, 0.717) is 5.89 Å². The van der Waals surface area contributed by atoms with E-state index in [4.69, 9.17) is 9.15 Å². The van der Waals surface area contributed by atoms with Gasteiger partial charge in [-0.05, 0) is 24.3 Å². The highest BCUT2D eigenvalue weighted by atomic mass is 35.5. The summed E-state index contributed by atoms with van der Waals surface area (Å²) in [5, 5.41) is 3.28. The molecular formula is C13H15ClN2O2. The maximum Gasteiger partial charge on any atom is 0.226 e.